The molecule has 3 rings (SSSR count). The molecular weight excluding hydrogens is 357 g/mol. The molecule has 1 amide bonds. The van der Waals surface area contributed by atoms with Crippen LogP contribution in [0.2, 0.25) is 0 Å². The number of piperidine rings is 1. The van der Waals surface area contributed by atoms with E-state index < -0.39 is 0 Å². The number of carbonyl (C=O) groups excluding carboxylic acids is 2. The summed E-state index contributed by atoms with van der Waals surface area (Å²) in [6.45, 7) is 3.32. The lowest BCUT2D eigenvalue weighted by Gasteiger charge is -2.30. The van der Waals surface area contributed by atoms with Crippen molar-refractivity contribution in [3.8, 4) is 0 Å². The second kappa shape index (κ2) is 8.14. The monoisotopic (exact) mass is 379 g/mol. The second-order valence-electron chi connectivity index (χ2n) is 6.27. The third kappa shape index (κ3) is 3.59. The molecule has 5 nitrogen and oxygen atoms in total. The summed E-state index contributed by atoms with van der Waals surface area (Å²) in [6.07, 6.45) is 1.17. The molecule has 2 aromatic rings. The number of rotatable bonds is 5. The van der Waals surface area contributed by atoms with E-state index in [1.807, 2.05) is 6.07 Å². The van der Waals surface area contributed by atoms with Gasteiger partial charge in [0.2, 0.25) is 0 Å². The molecule has 26 heavy (non-hydrogen) atoms. The SMILES string of the molecule is CCOC(=O)C1CCN(C(=O)c2sc3cccc(F)c3c2COC)CC1. The van der Waals surface area contributed by atoms with Gasteiger partial charge in [-0.3, -0.25) is 9.59 Å². The highest BCUT2D eigenvalue weighted by Crippen LogP contribution is 2.35. The summed E-state index contributed by atoms with van der Waals surface area (Å²) in [6, 6.07) is 4.85. The van der Waals surface area contributed by atoms with Crippen LogP contribution < -0.4 is 0 Å². The maximum Gasteiger partial charge on any atom is 0.309 e. The first-order valence-corrected chi connectivity index (χ1v) is 9.53. The summed E-state index contributed by atoms with van der Waals surface area (Å²) in [5.74, 6) is -0.813. The molecule has 1 aromatic carbocycles. The van der Waals surface area contributed by atoms with Crippen LogP contribution in [0.15, 0.2) is 18.2 Å². The molecule has 0 atom stereocenters. The number of fused-ring (bicyclic) bond motifs is 1. The first-order valence-electron chi connectivity index (χ1n) is 8.71. The molecule has 0 aliphatic carbocycles. The lowest BCUT2D eigenvalue weighted by Crippen LogP contribution is -2.40. The molecule has 7 heteroatoms. The van der Waals surface area contributed by atoms with E-state index in [2.05, 4.69) is 0 Å². The van der Waals surface area contributed by atoms with Gasteiger partial charge in [-0.25, -0.2) is 4.39 Å². The van der Waals surface area contributed by atoms with E-state index in [4.69, 9.17) is 9.47 Å². The van der Waals surface area contributed by atoms with Crippen LogP contribution in [0.25, 0.3) is 10.1 Å². The Morgan fingerprint density at radius 3 is 2.69 bits per heavy atom. The Kier molecular flexibility index (Phi) is 5.88. The summed E-state index contributed by atoms with van der Waals surface area (Å²) in [4.78, 5) is 27.1. The Labute approximate surface area is 155 Å². The minimum absolute atomic E-state index is 0.125. The zero-order valence-corrected chi connectivity index (χ0v) is 15.7. The van der Waals surface area contributed by atoms with Crippen LogP contribution in [0.1, 0.15) is 35.0 Å². The Morgan fingerprint density at radius 2 is 2.04 bits per heavy atom. The maximum absolute atomic E-state index is 14.3. The quantitative estimate of drug-likeness (QED) is 0.745. The highest BCUT2D eigenvalue weighted by Gasteiger charge is 2.31. The molecule has 1 aliphatic heterocycles. The normalized spacial score (nSPS) is 15.4. The number of nitrogens with zero attached hydrogens (tertiary/aromatic N) is 1. The van der Waals surface area contributed by atoms with Crippen molar-refractivity contribution in [2.24, 2.45) is 5.92 Å². The van der Waals surface area contributed by atoms with Gasteiger partial charge in [0.1, 0.15) is 5.82 Å². The van der Waals surface area contributed by atoms with Crippen LogP contribution in [0, 0.1) is 11.7 Å². The molecule has 1 aromatic heterocycles. The van der Waals surface area contributed by atoms with Crippen LogP contribution in [0.3, 0.4) is 0 Å². The lowest BCUT2D eigenvalue weighted by molar-refractivity contribution is -0.149. The summed E-state index contributed by atoms with van der Waals surface area (Å²) in [5.41, 5.74) is 0.600. The van der Waals surface area contributed by atoms with Crippen molar-refractivity contribution < 1.29 is 23.5 Å². The molecule has 1 aliphatic rings. The average molecular weight is 379 g/mol. The molecule has 1 fully saturated rings. The highest BCUT2D eigenvalue weighted by molar-refractivity contribution is 7.21. The molecule has 0 unspecified atom stereocenters. The van der Waals surface area contributed by atoms with Gasteiger partial charge in [0, 0.05) is 35.8 Å². The van der Waals surface area contributed by atoms with E-state index in [-0.39, 0.29) is 30.2 Å². The zero-order valence-electron chi connectivity index (χ0n) is 14.9. The molecule has 0 radical (unpaired) electrons. The van der Waals surface area contributed by atoms with E-state index in [0.717, 1.165) is 4.70 Å². The van der Waals surface area contributed by atoms with Crippen molar-refractivity contribution in [2.75, 3.05) is 26.8 Å². The van der Waals surface area contributed by atoms with Crippen LogP contribution >= 0.6 is 11.3 Å². The number of hydrogen-bond donors (Lipinski definition) is 0. The van der Waals surface area contributed by atoms with Crippen molar-refractivity contribution in [2.45, 2.75) is 26.4 Å². The molecule has 0 spiro atoms. The van der Waals surface area contributed by atoms with Crippen molar-refractivity contribution in [3.05, 3.63) is 34.5 Å². The summed E-state index contributed by atoms with van der Waals surface area (Å²) >= 11 is 1.29. The van der Waals surface area contributed by atoms with Gasteiger partial charge < -0.3 is 14.4 Å². The lowest BCUT2D eigenvalue weighted by atomic mass is 9.96. The topological polar surface area (TPSA) is 55.8 Å². The number of ether oxygens (including phenoxy) is 2. The summed E-state index contributed by atoms with van der Waals surface area (Å²) < 4.78 is 25.3. The predicted octanol–water partition coefficient (Wildman–Crippen LogP) is 3.60. The smallest absolute Gasteiger partial charge is 0.309 e. The fourth-order valence-corrected chi connectivity index (χ4v) is 4.53. The number of likely N-dealkylation sites (tertiary alicyclic amines) is 1. The van der Waals surface area contributed by atoms with E-state index in [9.17, 15) is 14.0 Å². The third-order valence-corrected chi connectivity index (χ3v) is 5.83. The van der Waals surface area contributed by atoms with Gasteiger partial charge in [-0.1, -0.05) is 6.07 Å². The third-order valence-electron chi connectivity index (χ3n) is 4.65. The number of thiophene rings is 1. The number of amides is 1. The van der Waals surface area contributed by atoms with E-state index in [1.165, 1.54) is 24.5 Å². The Hall–Kier alpha value is -1.99. The van der Waals surface area contributed by atoms with Gasteiger partial charge in [-0.2, -0.15) is 0 Å². The number of halogens is 1. The standard InChI is InChI=1S/C19H22FNO4S/c1-3-25-19(23)12-7-9-21(10-8-12)18(22)17-13(11-24-2)16-14(20)5-4-6-15(16)26-17/h4-6,12H,3,7-11H2,1-2H3. The van der Waals surface area contributed by atoms with Crippen molar-refractivity contribution in [1.82, 2.24) is 4.90 Å². The van der Waals surface area contributed by atoms with E-state index in [1.54, 1.807) is 17.9 Å². The van der Waals surface area contributed by atoms with Crippen LogP contribution in [-0.4, -0.2) is 43.6 Å². The van der Waals surface area contributed by atoms with Gasteiger partial charge in [0.05, 0.1) is 24.0 Å². The Balaban J connectivity index is 1.81. The Morgan fingerprint density at radius 1 is 1.31 bits per heavy atom. The molecule has 0 saturated carbocycles. The fourth-order valence-electron chi connectivity index (χ4n) is 3.34. The van der Waals surface area contributed by atoms with Crippen LogP contribution in [-0.2, 0) is 20.9 Å². The number of benzene rings is 1. The van der Waals surface area contributed by atoms with Gasteiger partial charge in [0.15, 0.2) is 0 Å². The molecule has 2 heterocycles. The van der Waals surface area contributed by atoms with Crippen molar-refractivity contribution >= 4 is 33.3 Å². The number of esters is 1. The first kappa shape index (κ1) is 18.8. The van der Waals surface area contributed by atoms with Gasteiger partial charge in [-0.05, 0) is 31.9 Å². The van der Waals surface area contributed by atoms with Crippen LogP contribution in [0.4, 0.5) is 4.39 Å². The fraction of sp³-hybridized carbons (Fsp3) is 0.474. The number of carbonyl (C=O) groups is 2. The van der Waals surface area contributed by atoms with Gasteiger partial charge >= 0.3 is 5.97 Å². The molecule has 1 saturated heterocycles. The molecular formula is C19H22FNO4S. The minimum atomic E-state index is -0.342. The summed E-state index contributed by atoms with van der Waals surface area (Å²) in [7, 11) is 1.53. The largest absolute Gasteiger partial charge is 0.466 e. The molecule has 0 N–H and O–H groups in total. The van der Waals surface area contributed by atoms with Crippen LogP contribution in [0.5, 0.6) is 0 Å². The summed E-state index contributed by atoms with van der Waals surface area (Å²) in [5, 5.41) is 0.462. The van der Waals surface area contributed by atoms with Crippen molar-refractivity contribution in [1.29, 1.82) is 0 Å². The van der Waals surface area contributed by atoms with Crippen molar-refractivity contribution in [3.63, 3.8) is 0 Å². The first-order chi connectivity index (χ1) is 12.6. The molecule has 0 bridgehead atoms. The van der Waals surface area contributed by atoms with Gasteiger partial charge in [-0.15, -0.1) is 11.3 Å². The van der Waals surface area contributed by atoms with Gasteiger partial charge in [0.25, 0.3) is 5.91 Å². The Bertz CT molecular complexity index is 811. The average Bonchev–Trinajstić information content (AvgIpc) is 3.02. The second-order valence-corrected chi connectivity index (χ2v) is 7.33. The molecule has 140 valence electrons. The maximum atomic E-state index is 14.3. The highest BCUT2D eigenvalue weighted by atomic mass is 32.1. The zero-order chi connectivity index (χ0) is 18.7. The van der Waals surface area contributed by atoms with E-state index >= 15 is 0 Å². The number of hydrogen-bond acceptors (Lipinski definition) is 5. The van der Waals surface area contributed by atoms with E-state index in [0.29, 0.717) is 48.4 Å². The minimum Gasteiger partial charge on any atom is -0.466 e. The number of methoxy groups -OCH3 is 1. The predicted molar refractivity (Wildman–Crippen MR) is 97.8 cm³/mol.